The number of hydrogen-bond acceptors (Lipinski definition) is 10. The molecule has 2 heterocycles. The van der Waals surface area contributed by atoms with Crippen molar-refractivity contribution in [3.05, 3.63) is 252 Å². The summed E-state index contributed by atoms with van der Waals surface area (Å²) in [5, 5.41) is 51.0. The molecule has 9 rings (SSSR count). The molecule has 0 aliphatic carbocycles. The number of aliphatic imine (C=N–C) groups is 4. The smallest absolute Gasteiger partial charge is 0.872 e. The average molecular weight is 1090 g/mol. The minimum absolute atomic E-state index is 0. The molecule has 76 heavy (non-hydrogen) atoms. The molecule has 0 unspecified atom stereocenters. The number of nitrogens with zero attached hydrogens (tertiary/aromatic N) is 6. The van der Waals surface area contributed by atoms with Gasteiger partial charge in [0, 0.05) is 49.6 Å². The predicted molar refractivity (Wildman–Crippen MR) is 297 cm³/mol. The van der Waals surface area contributed by atoms with Crippen LogP contribution in [0.15, 0.2) is 239 Å². The van der Waals surface area contributed by atoms with Gasteiger partial charge >= 0.3 is 33.0 Å². The second-order valence-electron chi connectivity index (χ2n) is 18.7. The van der Waals surface area contributed by atoms with Crippen LogP contribution in [-0.2, 0) is 43.8 Å². The molecule has 0 N–H and O–H groups in total. The van der Waals surface area contributed by atoms with Gasteiger partial charge in [0.15, 0.2) is 0 Å². The molecule has 388 valence electrons. The fraction of sp³-hybridized carbons (Fsp3) is 0.125. The molecule has 12 heteroatoms. The van der Waals surface area contributed by atoms with Crippen LogP contribution in [0.5, 0.6) is 23.0 Å². The first-order chi connectivity index (χ1) is 35.7. The molecular weight excluding hydrogens is 1030 g/mol. The zero-order valence-electron chi connectivity index (χ0n) is 43.0. The van der Waals surface area contributed by atoms with Crippen molar-refractivity contribution in [1.29, 1.82) is 0 Å². The molecule has 0 bridgehead atoms. The van der Waals surface area contributed by atoms with Crippen LogP contribution in [0.1, 0.15) is 74.9 Å². The van der Waals surface area contributed by atoms with Crippen LogP contribution in [0.4, 0.5) is 22.7 Å². The van der Waals surface area contributed by atoms with Gasteiger partial charge < -0.3 is 20.4 Å². The SMILES string of the molecule is CC(C)(C)c1ccc([O-])c(C=Nc2ccccc2N=Cc2cc(-c3ccc([O-])c(C=Nc4ccccc4N=Cc4cc(C(C)(C)C)ccc4[O-])c3)ccc2[O-])c1.[Ni+2].[Ni+2].c1ccccc1.c1ccncc1.c1ccncc1. The van der Waals surface area contributed by atoms with Crippen molar-refractivity contribution >= 4 is 47.6 Å². The van der Waals surface area contributed by atoms with E-state index < -0.39 is 0 Å². The van der Waals surface area contributed by atoms with Gasteiger partial charge in [-0.3, -0.25) is 29.9 Å². The van der Waals surface area contributed by atoms with E-state index in [1.165, 1.54) is 24.6 Å². The van der Waals surface area contributed by atoms with Crippen LogP contribution in [0.2, 0.25) is 0 Å². The molecule has 0 fully saturated rings. The Hall–Kier alpha value is -8.29. The molecule has 9 aromatic rings. The van der Waals surface area contributed by atoms with Crippen molar-refractivity contribution in [2.24, 2.45) is 20.0 Å². The number of rotatable bonds is 9. The Morgan fingerprint density at radius 3 is 0.803 bits per heavy atom. The Balaban J connectivity index is 0.000000523. The summed E-state index contributed by atoms with van der Waals surface area (Å²) >= 11 is 0. The normalized spacial score (nSPS) is 11.1. The van der Waals surface area contributed by atoms with E-state index in [2.05, 4.69) is 71.5 Å². The second kappa shape index (κ2) is 30.2. The summed E-state index contributed by atoms with van der Waals surface area (Å²) < 4.78 is 0. The van der Waals surface area contributed by atoms with E-state index in [4.69, 9.17) is 0 Å². The third-order valence-electron chi connectivity index (χ3n) is 11.0. The molecule has 0 spiro atoms. The summed E-state index contributed by atoms with van der Waals surface area (Å²) in [6.07, 6.45) is 13.1. The zero-order chi connectivity index (χ0) is 52.8. The molecule has 0 saturated heterocycles. The van der Waals surface area contributed by atoms with Gasteiger partial charge in [-0.15, -0.1) is 23.0 Å². The average Bonchev–Trinajstić information content (AvgIpc) is 3.42. The van der Waals surface area contributed by atoms with Crippen LogP contribution in [0, 0.1) is 0 Å². The minimum Gasteiger partial charge on any atom is -0.872 e. The number of benzene rings is 7. The van der Waals surface area contributed by atoms with Crippen molar-refractivity contribution in [3.63, 3.8) is 0 Å². The summed E-state index contributed by atoms with van der Waals surface area (Å²) in [6.45, 7) is 12.5. The van der Waals surface area contributed by atoms with Crippen LogP contribution >= 0.6 is 0 Å². The van der Waals surface area contributed by atoms with Gasteiger partial charge in [-0.1, -0.05) is 175 Å². The maximum atomic E-state index is 12.9. The van der Waals surface area contributed by atoms with Crippen LogP contribution < -0.4 is 20.4 Å². The molecule has 2 aromatic heterocycles. The summed E-state index contributed by atoms with van der Waals surface area (Å²) in [7, 11) is 0. The third kappa shape index (κ3) is 19.2. The molecular formula is C64H58N6Ni2O4. The Labute approximate surface area is 467 Å². The molecule has 0 aliphatic heterocycles. The molecule has 0 atom stereocenters. The first-order valence-corrected chi connectivity index (χ1v) is 24.0. The van der Waals surface area contributed by atoms with Gasteiger partial charge in [0.1, 0.15) is 0 Å². The molecule has 0 radical (unpaired) electrons. The number of aromatic nitrogens is 2. The molecule has 0 amide bonds. The fourth-order valence-corrected chi connectivity index (χ4v) is 6.82. The topological polar surface area (TPSA) is 167 Å². The number of hydrogen-bond donors (Lipinski definition) is 0. The summed E-state index contributed by atoms with van der Waals surface area (Å²) in [5.74, 6) is -0.686. The minimum atomic E-state index is -0.220. The van der Waals surface area contributed by atoms with Crippen LogP contribution in [-0.4, -0.2) is 34.8 Å². The largest absolute Gasteiger partial charge is 2.00 e. The van der Waals surface area contributed by atoms with Crippen molar-refractivity contribution < 1.29 is 53.4 Å². The fourth-order valence-electron chi connectivity index (χ4n) is 6.82. The first kappa shape index (κ1) is 60.3. The monoisotopic (exact) mass is 1090 g/mol. The Morgan fingerprint density at radius 1 is 0.316 bits per heavy atom. The van der Waals surface area contributed by atoms with Gasteiger partial charge in [-0.05, 0) is 116 Å². The van der Waals surface area contributed by atoms with E-state index >= 15 is 0 Å². The molecule has 10 nitrogen and oxygen atoms in total. The summed E-state index contributed by atoms with van der Waals surface area (Å²) in [6, 6.07) is 58.2. The maximum absolute atomic E-state index is 12.9. The van der Waals surface area contributed by atoms with E-state index in [9.17, 15) is 20.4 Å². The zero-order valence-corrected chi connectivity index (χ0v) is 45.0. The predicted octanol–water partition coefficient (Wildman–Crippen LogP) is 13.1. The standard InChI is InChI=1S/C48H46N4O4.C6H6.2C5H5N.2Ni/c1-47(2,3)37-17-21-45(55)35(25-37)29-51-41-13-9-7-11-39(41)49-27-33-23-31(15-19-43(33)53)32-16-20-44(54)34(24-32)28-50-40-12-8-10-14-42(40)52-30-36-26-38(48(4,5)6)18-22-46(36)56;3*1-2-4-6-5-3-1;;/h7-30,53-56H,1-6H3;1-6H;2*1-5H;;/q;;;;2*+2/p-4. The van der Waals surface area contributed by atoms with E-state index in [-0.39, 0.29) is 66.8 Å². The van der Waals surface area contributed by atoms with Crippen LogP contribution in [0.3, 0.4) is 0 Å². The van der Waals surface area contributed by atoms with E-state index in [0.717, 1.165) is 11.1 Å². The summed E-state index contributed by atoms with van der Waals surface area (Å²) in [4.78, 5) is 25.9. The van der Waals surface area contributed by atoms with Crippen LogP contribution in [0.25, 0.3) is 11.1 Å². The first-order valence-electron chi connectivity index (χ1n) is 24.0. The maximum Gasteiger partial charge on any atom is 2.00 e. The Kier molecular flexibility index (Phi) is 23.9. The second-order valence-corrected chi connectivity index (χ2v) is 18.7. The van der Waals surface area contributed by atoms with Crippen molar-refractivity contribution in [1.82, 2.24) is 9.97 Å². The van der Waals surface area contributed by atoms with Crippen molar-refractivity contribution in [2.75, 3.05) is 0 Å². The molecule has 7 aromatic carbocycles. The molecule has 0 saturated carbocycles. The van der Waals surface area contributed by atoms with E-state index in [0.29, 0.717) is 56.1 Å². The van der Waals surface area contributed by atoms with Gasteiger partial charge in [0.25, 0.3) is 0 Å². The Bertz CT molecular complexity index is 2970. The van der Waals surface area contributed by atoms with E-state index in [1.807, 2.05) is 121 Å². The van der Waals surface area contributed by atoms with Gasteiger partial charge in [-0.2, -0.15) is 0 Å². The van der Waals surface area contributed by atoms with Gasteiger partial charge in [-0.25, -0.2) is 0 Å². The van der Waals surface area contributed by atoms with Crippen molar-refractivity contribution in [2.45, 2.75) is 52.4 Å². The van der Waals surface area contributed by atoms with E-state index in [1.54, 1.807) is 97.9 Å². The Morgan fingerprint density at radius 2 is 0.566 bits per heavy atom. The van der Waals surface area contributed by atoms with Crippen molar-refractivity contribution in [3.8, 4) is 34.1 Å². The van der Waals surface area contributed by atoms with Gasteiger partial charge in [0.05, 0.1) is 22.7 Å². The van der Waals surface area contributed by atoms with Gasteiger partial charge in [0.2, 0.25) is 0 Å². The number of pyridine rings is 2. The molecule has 0 aliphatic rings. The summed E-state index contributed by atoms with van der Waals surface area (Å²) in [5.41, 5.74) is 7.04. The quantitative estimate of drug-likeness (QED) is 0.103. The number of para-hydroxylation sites is 4. The third-order valence-corrected chi connectivity index (χ3v) is 11.0.